The van der Waals surface area contributed by atoms with Crippen LogP contribution in [0.25, 0.3) is 0 Å². The average Bonchev–Trinajstić information content (AvgIpc) is 2.27. The Morgan fingerprint density at radius 2 is 2.20 bits per heavy atom. The lowest BCUT2D eigenvalue weighted by Crippen LogP contribution is -2.19. The summed E-state index contributed by atoms with van der Waals surface area (Å²) < 4.78 is 0. The van der Waals surface area contributed by atoms with Gasteiger partial charge in [0.2, 0.25) is 0 Å². The number of rotatable bonds is 4. The zero-order chi connectivity index (χ0) is 11.4. The van der Waals surface area contributed by atoms with Gasteiger partial charge in [-0.25, -0.2) is 0 Å². The van der Waals surface area contributed by atoms with Crippen molar-refractivity contribution in [1.29, 1.82) is 0 Å². The van der Waals surface area contributed by atoms with Crippen LogP contribution < -0.4 is 0 Å². The highest BCUT2D eigenvalue weighted by molar-refractivity contribution is 6.18. The van der Waals surface area contributed by atoms with E-state index in [1.54, 1.807) is 0 Å². The summed E-state index contributed by atoms with van der Waals surface area (Å²) in [4.78, 5) is 13.1. The minimum absolute atomic E-state index is 0.127. The maximum atomic E-state index is 10.3. The van der Waals surface area contributed by atoms with Crippen molar-refractivity contribution >= 4 is 17.4 Å². The molecule has 0 radical (unpaired) electrons. The third-order valence-electron chi connectivity index (χ3n) is 1.82. The van der Waals surface area contributed by atoms with Gasteiger partial charge in [0.15, 0.2) is 0 Å². The number of nitro groups is 1. The highest BCUT2D eigenvalue weighted by Crippen LogP contribution is 2.18. The number of hydrogen-bond donors (Lipinski definition) is 2. The van der Waals surface area contributed by atoms with E-state index in [1.807, 2.05) is 0 Å². The number of aliphatic hydroxyl groups is 2. The maximum absolute atomic E-state index is 10.3. The van der Waals surface area contributed by atoms with Crippen LogP contribution >= 0.6 is 11.6 Å². The van der Waals surface area contributed by atoms with Crippen molar-refractivity contribution in [3.05, 3.63) is 34.0 Å². The van der Waals surface area contributed by atoms with Crippen LogP contribution in [-0.2, 0) is 0 Å². The molecule has 0 bridgehead atoms. The Balaban J connectivity index is 2.84. The number of hydrogen-bond acceptors (Lipinski definition) is 5. The summed E-state index contributed by atoms with van der Waals surface area (Å²) in [6.07, 6.45) is -1.16. The molecule has 2 N–H and O–H groups in total. The molecule has 2 atom stereocenters. The van der Waals surface area contributed by atoms with Crippen LogP contribution in [0.2, 0.25) is 0 Å². The number of aliphatic hydroxyl groups excluding tert-OH is 2. The lowest BCUT2D eigenvalue weighted by atomic mass is 10.1. The van der Waals surface area contributed by atoms with E-state index in [4.69, 9.17) is 11.6 Å². The van der Waals surface area contributed by atoms with Crippen LogP contribution in [0.4, 0.5) is 5.82 Å². The zero-order valence-corrected chi connectivity index (χ0v) is 8.33. The van der Waals surface area contributed by atoms with Gasteiger partial charge in [0, 0.05) is 11.6 Å². The number of alkyl halides is 1. The second-order valence-electron chi connectivity index (χ2n) is 2.87. The van der Waals surface area contributed by atoms with Crippen molar-refractivity contribution in [3.8, 4) is 0 Å². The van der Waals surface area contributed by atoms with Gasteiger partial charge >= 0.3 is 5.82 Å². The summed E-state index contributed by atoms with van der Waals surface area (Å²) in [5.74, 6) is -0.440. The first-order chi connectivity index (χ1) is 7.06. The van der Waals surface area contributed by atoms with Crippen molar-refractivity contribution in [2.75, 3.05) is 5.88 Å². The second kappa shape index (κ2) is 5.01. The van der Waals surface area contributed by atoms with Crippen molar-refractivity contribution in [2.24, 2.45) is 0 Å². The van der Waals surface area contributed by atoms with Crippen molar-refractivity contribution < 1.29 is 15.1 Å². The Morgan fingerprint density at radius 3 is 2.60 bits per heavy atom. The molecule has 1 aromatic heterocycles. The van der Waals surface area contributed by atoms with Gasteiger partial charge in [-0.15, -0.1) is 11.6 Å². The Bertz CT molecular complexity index is 343. The highest BCUT2D eigenvalue weighted by atomic mass is 35.5. The van der Waals surface area contributed by atoms with Crippen LogP contribution in [-0.4, -0.2) is 32.1 Å². The Hall–Kier alpha value is -1.24. The van der Waals surface area contributed by atoms with Gasteiger partial charge in [-0.2, -0.15) is 0 Å². The number of nitrogens with zero attached hydrogens (tertiary/aromatic N) is 2. The molecule has 2 unspecified atom stereocenters. The monoisotopic (exact) mass is 232 g/mol. The smallest absolute Gasteiger partial charge is 0.363 e. The van der Waals surface area contributed by atoms with Gasteiger partial charge < -0.3 is 20.3 Å². The number of aromatic nitrogens is 1. The van der Waals surface area contributed by atoms with Crippen molar-refractivity contribution in [3.63, 3.8) is 0 Å². The molecule has 1 rings (SSSR count). The summed E-state index contributed by atoms with van der Waals surface area (Å²) in [7, 11) is 0. The molecule has 6 nitrogen and oxygen atoms in total. The molecule has 0 aliphatic rings. The second-order valence-corrected chi connectivity index (χ2v) is 3.18. The molecule has 0 spiro atoms. The van der Waals surface area contributed by atoms with E-state index in [9.17, 15) is 20.3 Å². The molecule has 0 aromatic carbocycles. The first-order valence-corrected chi connectivity index (χ1v) is 4.62. The minimum atomic E-state index is -1.18. The molecule has 1 aromatic rings. The summed E-state index contributed by atoms with van der Waals surface area (Å²) in [5.41, 5.74) is 0.286. The summed E-state index contributed by atoms with van der Waals surface area (Å²) in [6, 6.07) is 2.48. The molecule has 1 heterocycles. The summed E-state index contributed by atoms with van der Waals surface area (Å²) >= 11 is 5.34. The first-order valence-electron chi connectivity index (χ1n) is 4.08. The quantitative estimate of drug-likeness (QED) is 0.451. The van der Waals surface area contributed by atoms with Gasteiger partial charge in [0.1, 0.15) is 12.3 Å². The van der Waals surface area contributed by atoms with E-state index in [2.05, 4.69) is 4.98 Å². The Labute approximate surface area is 90.3 Å². The van der Waals surface area contributed by atoms with E-state index >= 15 is 0 Å². The fourth-order valence-electron chi connectivity index (χ4n) is 0.987. The average molecular weight is 233 g/mol. The van der Waals surface area contributed by atoms with Gasteiger partial charge in [-0.05, 0) is 16.0 Å². The van der Waals surface area contributed by atoms with Crippen LogP contribution in [0.1, 0.15) is 11.7 Å². The fourth-order valence-corrected chi connectivity index (χ4v) is 1.16. The Kier molecular flexibility index (Phi) is 3.96. The SMILES string of the molecule is O=[N+]([O-])c1ccc(C(O)C(O)CCl)cn1. The molecule has 0 fully saturated rings. The molecular formula is C8H9ClN2O4. The zero-order valence-electron chi connectivity index (χ0n) is 7.58. The molecular weight excluding hydrogens is 224 g/mol. The van der Waals surface area contributed by atoms with Crippen LogP contribution in [0, 0.1) is 10.1 Å². The topological polar surface area (TPSA) is 96.5 Å². The van der Waals surface area contributed by atoms with Gasteiger partial charge in [0.05, 0.1) is 12.0 Å². The molecule has 15 heavy (non-hydrogen) atoms. The standard InChI is InChI=1S/C8H9ClN2O4/c9-3-6(12)8(13)5-1-2-7(10-4-5)11(14)15/h1-2,4,6,8,12-13H,3H2. The molecule has 0 aliphatic carbocycles. The van der Waals surface area contributed by atoms with Crippen LogP contribution in [0.5, 0.6) is 0 Å². The minimum Gasteiger partial charge on any atom is -0.389 e. The van der Waals surface area contributed by atoms with E-state index in [1.165, 1.54) is 6.07 Å². The van der Waals surface area contributed by atoms with Gasteiger partial charge in [0.25, 0.3) is 0 Å². The maximum Gasteiger partial charge on any atom is 0.363 e. The number of pyridine rings is 1. The third kappa shape index (κ3) is 2.85. The number of halogens is 1. The molecule has 7 heteroatoms. The molecule has 82 valence electrons. The lowest BCUT2D eigenvalue weighted by molar-refractivity contribution is -0.389. The highest BCUT2D eigenvalue weighted by Gasteiger charge is 2.19. The van der Waals surface area contributed by atoms with E-state index in [-0.39, 0.29) is 17.3 Å². The molecule has 0 aliphatic heterocycles. The largest absolute Gasteiger partial charge is 0.389 e. The van der Waals surface area contributed by atoms with Crippen molar-refractivity contribution in [2.45, 2.75) is 12.2 Å². The van der Waals surface area contributed by atoms with E-state index < -0.39 is 17.1 Å². The molecule has 0 saturated carbocycles. The summed E-state index contributed by atoms with van der Waals surface area (Å²) in [5, 5.41) is 29.0. The van der Waals surface area contributed by atoms with Crippen molar-refractivity contribution in [1.82, 2.24) is 4.98 Å². The predicted molar refractivity (Wildman–Crippen MR) is 52.6 cm³/mol. The van der Waals surface area contributed by atoms with Crippen LogP contribution in [0.3, 0.4) is 0 Å². The fraction of sp³-hybridized carbons (Fsp3) is 0.375. The molecule has 0 amide bonds. The summed E-state index contributed by atoms with van der Waals surface area (Å²) in [6.45, 7) is 0. The van der Waals surface area contributed by atoms with Gasteiger partial charge in [-0.3, -0.25) is 0 Å². The van der Waals surface area contributed by atoms with Crippen LogP contribution in [0.15, 0.2) is 18.3 Å². The lowest BCUT2D eigenvalue weighted by Gasteiger charge is -2.13. The van der Waals surface area contributed by atoms with E-state index in [0.717, 1.165) is 12.3 Å². The molecule has 0 saturated heterocycles. The first kappa shape index (κ1) is 11.8. The normalized spacial score (nSPS) is 14.6. The Morgan fingerprint density at radius 1 is 1.53 bits per heavy atom. The van der Waals surface area contributed by atoms with E-state index in [0.29, 0.717) is 0 Å². The third-order valence-corrected chi connectivity index (χ3v) is 2.14. The van der Waals surface area contributed by atoms with Gasteiger partial charge in [-0.1, -0.05) is 0 Å². The predicted octanol–water partition coefficient (Wildman–Crippen LogP) is 0.623.